The molecule has 0 bridgehead atoms. The Morgan fingerprint density at radius 3 is 2.58 bits per heavy atom. The molecule has 6 heteroatoms. The lowest BCUT2D eigenvalue weighted by atomic mass is 10.2. The summed E-state index contributed by atoms with van der Waals surface area (Å²) in [7, 11) is 0. The number of nitriles is 1. The zero-order valence-corrected chi connectivity index (χ0v) is 15.8. The summed E-state index contributed by atoms with van der Waals surface area (Å²) in [6, 6.07) is 9.25. The van der Waals surface area contributed by atoms with E-state index in [1.807, 2.05) is 0 Å². The summed E-state index contributed by atoms with van der Waals surface area (Å²) in [5.74, 6) is 2.10. The molecule has 1 aliphatic heterocycles. The molecule has 1 fully saturated rings. The van der Waals surface area contributed by atoms with Crippen LogP contribution in [0.15, 0.2) is 24.3 Å². The van der Waals surface area contributed by atoms with Crippen molar-refractivity contribution in [2.75, 3.05) is 13.1 Å². The molecular formula is C20H20N4OS. The standard InChI is InChI=1S/C20H20N4OS/c1-13-14(2)26-20-18(13)19(25-16-7-5-15(11-21)6-8-16)22-17(23-20)12-24-9-3-4-10-24/h5-8H,3-4,9-10,12H2,1-2H3. The highest BCUT2D eigenvalue weighted by Gasteiger charge is 2.19. The van der Waals surface area contributed by atoms with Crippen LogP contribution in [-0.4, -0.2) is 28.0 Å². The van der Waals surface area contributed by atoms with E-state index in [0.29, 0.717) is 17.2 Å². The number of likely N-dealkylation sites (tertiary alicyclic amines) is 1. The molecule has 0 saturated carbocycles. The van der Waals surface area contributed by atoms with Crippen LogP contribution in [0.4, 0.5) is 0 Å². The molecule has 5 nitrogen and oxygen atoms in total. The second kappa shape index (κ2) is 7.02. The molecular weight excluding hydrogens is 344 g/mol. The molecule has 132 valence electrons. The SMILES string of the molecule is Cc1sc2nc(CN3CCCC3)nc(Oc3ccc(C#N)cc3)c2c1C. The van der Waals surface area contributed by atoms with Crippen LogP contribution in [0, 0.1) is 25.2 Å². The van der Waals surface area contributed by atoms with Crippen molar-refractivity contribution in [3.05, 3.63) is 46.1 Å². The first-order chi connectivity index (χ1) is 12.6. The fraction of sp³-hybridized carbons (Fsp3) is 0.350. The Hall–Kier alpha value is -2.49. The van der Waals surface area contributed by atoms with Gasteiger partial charge in [0.25, 0.3) is 0 Å². The number of benzene rings is 1. The van der Waals surface area contributed by atoms with Crippen LogP contribution in [0.3, 0.4) is 0 Å². The van der Waals surface area contributed by atoms with Crippen LogP contribution >= 0.6 is 11.3 Å². The highest BCUT2D eigenvalue weighted by atomic mass is 32.1. The largest absolute Gasteiger partial charge is 0.438 e. The van der Waals surface area contributed by atoms with Crippen LogP contribution in [0.5, 0.6) is 11.6 Å². The molecule has 3 aromatic rings. The van der Waals surface area contributed by atoms with Gasteiger partial charge >= 0.3 is 0 Å². The van der Waals surface area contributed by atoms with Gasteiger partial charge in [0.2, 0.25) is 5.88 Å². The molecule has 3 heterocycles. The number of rotatable bonds is 4. The predicted octanol–water partition coefficient (Wildman–Crippen LogP) is 4.57. The molecule has 1 saturated heterocycles. The van der Waals surface area contributed by atoms with Gasteiger partial charge in [-0.15, -0.1) is 11.3 Å². The maximum atomic E-state index is 8.96. The summed E-state index contributed by atoms with van der Waals surface area (Å²) >= 11 is 1.69. The molecule has 0 N–H and O–H groups in total. The second-order valence-corrected chi connectivity index (χ2v) is 7.83. The van der Waals surface area contributed by atoms with Gasteiger partial charge in [0, 0.05) is 4.88 Å². The normalized spacial score (nSPS) is 14.7. The quantitative estimate of drug-likeness (QED) is 0.679. The fourth-order valence-electron chi connectivity index (χ4n) is 3.25. The minimum Gasteiger partial charge on any atom is -0.438 e. The van der Waals surface area contributed by atoms with Gasteiger partial charge in [-0.2, -0.15) is 10.2 Å². The van der Waals surface area contributed by atoms with E-state index in [4.69, 9.17) is 20.0 Å². The van der Waals surface area contributed by atoms with E-state index in [1.54, 1.807) is 35.6 Å². The van der Waals surface area contributed by atoms with Crippen molar-refractivity contribution in [3.63, 3.8) is 0 Å². The maximum Gasteiger partial charge on any atom is 0.231 e. The third-order valence-corrected chi connectivity index (χ3v) is 5.90. The van der Waals surface area contributed by atoms with Crippen LogP contribution in [0.2, 0.25) is 0 Å². The van der Waals surface area contributed by atoms with Crippen molar-refractivity contribution < 1.29 is 4.74 Å². The fourth-order valence-corrected chi connectivity index (χ4v) is 4.29. The molecule has 0 amide bonds. The van der Waals surface area contributed by atoms with Crippen molar-refractivity contribution in [2.24, 2.45) is 0 Å². The summed E-state index contributed by atoms with van der Waals surface area (Å²) in [5.41, 5.74) is 1.78. The first-order valence-electron chi connectivity index (χ1n) is 8.81. The number of fused-ring (bicyclic) bond motifs is 1. The van der Waals surface area contributed by atoms with Crippen molar-refractivity contribution in [2.45, 2.75) is 33.2 Å². The van der Waals surface area contributed by atoms with Crippen LogP contribution in [0.25, 0.3) is 10.2 Å². The van der Waals surface area contributed by atoms with E-state index in [1.165, 1.54) is 23.3 Å². The highest BCUT2D eigenvalue weighted by molar-refractivity contribution is 7.18. The van der Waals surface area contributed by atoms with Gasteiger partial charge in [-0.05, 0) is 69.6 Å². The van der Waals surface area contributed by atoms with E-state index in [2.05, 4.69) is 24.8 Å². The Labute approximate surface area is 156 Å². The molecule has 0 unspecified atom stereocenters. The molecule has 2 aromatic heterocycles. The highest BCUT2D eigenvalue weighted by Crippen LogP contribution is 2.36. The summed E-state index contributed by atoms with van der Waals surface area (Å²) in [4.78, 5) is 14.1. The Bertz CT molecular complexity index is 982. The van der Waals surface area contributed by atoms with Crippen molar-refractivity contribution in [1.82, 2.24) is 14.9 Å². The van der Waals surface area contributed by atoms with Gasteiger partial charge in [-0.25, -0.2) is 4.98 Å². The van der Waals surface area contributed by atoms with E-state index >= 15 is 0 Å². The predicted molar refractivity (Wildman–Crippen MR) is 103 cm³/mol. The van der Waals surface area contributed by atoms with E-state index in [-0.39, 0.29) is 0 Å². The van der Waals surface area contributed by atoms with Crippen molar-refractivity contribution in [1.29, 1.82) is 5.26 Å². The van der Waals surface area contributed by atoms with Gasteiger partial charge in [0.1, 0.15) is 16.4 Å². The minimum absolute atomic E-state index is 0.607. The average molecular weight is 364 g/mol. The molecule has 0 aliphatic carbocycles. The number of aryl methyl sites for hydroxylation is 2. The van der Waals surface area contributed by atoms with E-state index in [0.717, 1.165) is 35.7 Å². The third-order valence-electron chi connectivity index (χ3n) is 4.80. The number of hydrogen-bond donors (Lipinski definition) is 0. The summed E-state index contributed by atoms with van der Waals surface area (Å²) in [6.07, 6.45) is 2.49. The lowest BCUT2D eigenvalue weighted by Crippen LogP contribution is -2.20. The molecule has 0 radical (unpaired) electrons. The first kappa shape index (κ1) is 17.0. The Balaban J connectivity index is 1.73. The number of ether oxygens (including phenoxy) is 1. The zero-order chi connectivity index (χ0) is 18.1. The number of thiophene rings is 1. The molecule has 1 aliphatic rings. The number of nitrogens with zero attached hydrogens (tertiary/aromatic N) is 4. The van der Waals surface area contributed by atoms with Crippen LogP contribution in [0.1, 0.15) is 34.7 Å². The van der Waals surface area contributed by atoms with Gasteiger partial charge < -0.3 is 4.74 Å². The van der Waals surface area contributed by atoms with Gasteiger partial charge in [0.15, 0.2) is 0 Å². The molecule has 0 atom stereocenters. The van der Waals surface area contributed by atoms with Gasteiger partial charge in [-0.3, -0.25) is 4.90 Å². The number of hydrogen-bond acceptors (Lipinski definition) is 6. The van der Waals surface area contributed by atoms with Crippen molar-refractivity contribution in [3.8, 4) is 17.7 Å². The lowest BCUT2D eigenvalue weighted by molar-refractivity contribution is 0.321. The Morgan fingerprint density at radius 2 is 1.88 bits per heavy atom. The summed E-state index contributed by atoms with van der Waals surface area (Å²) in [6.45, 7) is 7.16. The topological polar surface area (TPSA) is 62.0 Å². The second-order valence-electron chi connectivity index (χ2n) is 6.63. The van der Waals surface area contributed by atoms with Crippen LogP contribution in [-0.2, 0) is 6.54 Å². The maximum absolute atomic E-state index is 8.96. The summed E-state index contributed by atoms with van der Waals surface area (Å²) < 4.78 is 6.12. The first-order valence-corrected chi connectivity index (χ1v) is 9.62. The average Bonchev–Trinajstić information content (AvgIpc) is 3.24. The monoisotopic (exact) mass is 364 g/mol. The molecule has 4 rings (SSSR count). The molecule has 26 heavy (non-hydrogen) atoms. The Morgan fingerprint density at radius 1 is 1.15 bits per heavy atom. The zero-order valence-electron chi connectivity index (χ0n) is 15.0. The van der Waals surface area contributed by atoms with Crippen LogP contribution < -0.4 is 4.74 Å². The molecule has 0 spiro atoms. The summed E-state index contributed by atoms with van der Waals surface area (Å²) in [5, 5.41) is 9.94. The van der Waals surface area contributed by atoms with Gasteiger partial charge in [0.05, 0.1) is 23.6 Å². The van der Waals surface area contributed by atoms with Crippen molar-refractivity contribution >= 4 is 21.6 Å². The third kappa shape index (κ3) is 3.28. The molecule has 1 aromatic carbocycles. The minimum atomic E-state index is 0.607. The van der Waals surface area contributed by atoms with E-state index < -0.39 is 0 Å². The smallest absolute Gasteiger partial charge is 0.231 e. The van der Waals surface area contributed by atoms with E-state index in [9.17, 15) is 0 Å². The number of aromatic nitrogens is 2. The Kier molecular flexibility index (Phi) is 4.58. The van der Waals surface area contributed by atoms with Gasteiger partial charge in [-0.1, -0.05) is 0 Å². The lowest BCUT2D eigenvalue weighted by Gasteiger charge is -2.14.